The van der Waals surface area contributed by atoms with E-state index in [1.807, 2.05) is 56.3 Å². The highest BCUT2D eigenvalue weighted by atomic mass is 16.5. The molecule has 3 aromatic rings. The third-order valence-electron chi connectivity index (χ3n) is 3.97. The Bertz CT molecular complexity index is 800. The van der Waals surface area contributed by atoms with Crippen LogP contribution in [0.2, 0.25) is 0 Å². The van der Waals surface area contributed by atoms with Gasteiger partial charge in [0.25, 0.3) is 0 Å². The van der Waals surface area contributed by atoms with Gasteiger partial charge in [-0.25, -0.2) is 0 Å². The topological polar surface area (TPSA) is 52.3 Å². The lowest BCUT2D eigenvalue weighted by Gasteiger charge is -2.06. The van der Waals surface area contributed by atoms with Crippen molar-refractivity contribution in [3.8, 4) is 11.1 Å². The average molecular weight is 321 g/mol. The molecule has 0 N–H and O–H groups in total. The van der Waals surface area contributed by atoms with Crippen molar-refractivity contribution in [1.82, 2.24) is 5.16 Å². The van der Waals surface area contributed by atoms with Crippen molar-refractivity contribution < 1.29 is 14.1 Å². The molecule has 0 atom stereocenters. The van der Waals surface area contributed by atoms with Crippen LogP contribution in [-0.4, -0.2) is 11.1 Å². The van der Waals surface area contributed by atoms with Crippen molar-refractivity contribution in [2.24, 2.45) is 0 Å². The molecule has 1 aromatic heterocycles. The summed E-state index contributed by atoms with van der Waals surface area (Å²) in [6.45, 7) is 3.84. The standard InChI is InChI=1S/C20H19NO3/c1-14-19(15(2)24-21-14)13-23-20(22)12-16-8-10-18(11-9-16)17-6-4-3-5-7-17/h3-11H,12-13H2,1-2H3. The van der Waals surface area contributed by atoms with Gasteiger partial charge in [0.15, 0.2) is 0 Å². The van der Waals surface area contributed by atoms with Crippen molar-refractivity contribution >= 4 is 5.97 Å². The molecule has 0 amide bonds. The summed E-state index contributed by atoms with van der Waals surface area (Å²) in [5, 5.41) is 3.85. The zero-order chi connectivity index (χ0) is 16.9. The average Bonchev–Trinajstić information content (AvgIpc) is 2.93. The van der Waals surface area contributed by atoms with Gasteiger partial charge in [-0.1, -0.05) is 59.8 Å². The van der Waals surface area contributed by atoms with E-state index >= 15 is 0 Å². The zero-order valence-electron chi connectivity index (χ0n) is 13.8. The van der Waals surface area contributed by atoms with Crippen LogP contribution >= 0.6 is 0 Å². The van der Waals surface area contributed by atoms with Crippen LogP contribution in [0.25, 0.3) is 11.1 Å². The first-order chi connectivity index (χ1) is 11.6. The summed E-state index contributed by atoms with van der Waals surface area (Å²) in [6.07, 6.45) is 0.248. The molecular weight excluding hydrogens is 302 g/mol. The van der Waals surface area contributed by atoms with Gasteiger partial charge in [0.2, 0.25) is 0 Å². The van der Waals surface area contributed by atoms with Gasteiger partial charge in [-0.2, -0.15) is 0 Å². The number of aromatic nitrogens is 1. The molecule has 0 aliphatic carbocycles. The molecule has 0 aliphatic rings. The molecule has 4 nitrogen and oxygen atoms in total. The zero-order valence-corrected chi connectivity index (χ0v) is 13.8. The first-order valence-corrected chi connectivity index (χ1v) is 7.85. The summed E-state index contributed by atoms with van der Waals surface area (Å²) in [5.74, 6) is 0.426. The maximum atomic E-state index is 12.0. The lowest BCUT2D eigenvalue weighted by molar-refractivity contribution is -0.144. The number of esters is 1. The predicted octanol–water partition coefficient (Wildman–Crippen LogP) is 4.24. The van der Waals surface area contributed by atoms with Gasteiger partial charge in [0, 0.05) is 0 Å². The minimum absolute atomic E-state index is 0.197. The van der Waals surface area contributed by atoms with E-state index in [4.69, 9.17) is 9.26 Å². The van der Waals surface area contributed by atoms with E-state index in [1.165, 1.54) is 0 Å². The number of hydrogen-bond acceptors (Lipinski definition) is 4. The van der Waals surface area contributed by atoms with Gasteiger partial charge in [0.05, 0.1) is 17.7 Å². The summed E-state index contributed by atoms with van der Waals surface area (Å²) in [6, 6.07) is 18.1. The van der Waals surface area contributed by atoms with Crippen LogP contribution in [0.15, 0.2) is 59.1 Å². The Morgan fingerprint density at radius 2 is 1.67 bits per heavy atom. The Kier molecular flexibility index (Phi) is 4.75. The van der Waals surface area contributed by atoms with Crippen LogP contribution in [-0.2, 0) is 22.6 Å². The summed E-state index contributed by atoms with van der Waals surface area (Å²) >= 11 is 0. The van der Waals surface area contributed by atoms with E-state index in [0.717, 1.165) is 27.9 Å². The van der Waals surface area contributed by atoms with E-state index in [-0.39, 0.29) is 19.0 Å². The normalized spacial score (nSPS) is 10.6. The van der Waals surface area contributed by atoms with Gasteiger partial charge in [-0.05, 0) is 30.5 Å². The third kappa shape index (κ3) is 3.71. The van der Waals surface area contributed by atoms with Crippen LogP contribution in [0.5, 0.6) is 0 Å². The van der Waals surface area contributed by atoms with Gasteiger partial charge in [-0.3, -0.25) is 4.79 Å². The molecule has 122 valence electrons. The van der Waals surface area contributed by atoms with Gasteiger partial charge in [-0.15, -0.1) is 0 Å². The highest BCUT2D eigenvalue weighted by Gasteiger charge is 2.12. The number of carbonyl (C=O) groups excluding carboxylic acids is 1. The number of hydrogen-bond donors (Lipinski definition) is 0. The second-order valence-corrected chi connectivity index (χ2v) is 5.70. The van der Waals surface area contributed by atoms with E-state index in [2.05, 4.69) is 17.3 Å². The van der Waals surface area contributed by atoms with Crippen molar-refractivity contribution in [2.75, 3.05) is 0 Å². The van der Waals surface area contributed by atoms with Crippen LogP contribution in [0.1, 0.15) is 22.6 Å². The highest BCUT2D eigenvalue weighted by molar-refractivity contribution is 5.73. The smallest absolute Gasteiger partial charge is 0.310 e. The van der Waals surface area contributed by atoms with E-state index < -0.39 is 0 Å². The van der Waals surface area contributed by atoms with E-state index in [1.54, 1.807) is 0 Å². The van der Waals surface area contributed by atoms with Gasteiger partial charge < -0.3 is 9.26 Å². The molecule has 0 radical (unpaired) electrons. The Hall–Kier alpha value is -2.88. The number of nitrogens with zero attached hydrogens (tertiary/aromatic N) is 1. The molecule has 4 heteroatoms. The summed E-state index contributed by atoms with van der Waals surface area (Å²) in [4.78, 5) is 12.0. The number of ether oxygens (including phenoxy) is 1. The van der Waals surface area contributed by atoms with Crippen LogP contribution in [0.3, 0.4) is 0 Å². The van der Waals surface area contributed by atoms with Crippen molar-refractivity contribution in [3.05, 3.63) is 77.2 Å². The minimum Gasteiger partial charge on any atom is -0.460 e. The summed E-state index contributed by atoms with van der Waals surface area (Å²) in [7, 11) is 0. The fraction of sp³-hybridized carbons (Fsp3) is 0.200. The monoisotopic (exact) mass is 321 g/mol. The molecule has 0 aliphatic heterocycles. The maximum absolute atomic E-state index is 12.0. The second kappa shape index (κ2) is 7.13. The molecular formula is C20H19NO3. The quantitative estimate of drug-likeness (QED) is 0.659. The minimum atomic E-state index is -0.262. The first kappa shape index (κ1) is 16.0. The number of rotatable bonds is 5. The Morgan fingerprint density at radius 1 is 1.00 bits per heavy atom. The molecule has 0 bridgehead atoms. The fourth-order valence-corrected chi connectivity index (χ4v) is 2.52. The molecule has 24 heavy (non-hydrogen) atoms. The van der Waals surface area contributed by atoms with Crippen molar-refractivity contribution in [3.63, 3.8) is 0 Å². The fourth-order valence-electron chi connectivity index (χ4n) is 2.52. The lowest BCUT2D eigenvalue weighted by atomic mass is 10.0. The number of aryl methyl sites for hydroxylation is 2. The third-order valence-corrected chi connectivity index (χ3v) is 3.97. The lowest BCUT2D eigenvalue weighted by Crippen LogP contribution is -2.08. The Morgan fingerprint density at radius 3 is 2.29 bits per heavy atom. The first-order valence-electron chi connectivity index (χ1n) is 7.85. The highest BCUT2D eigenvalue weighted by Crippen LogP contribution is 2.20. The Labute approximate surface area is 141 Å². The molecule has 2 aromatic carbocycles. The summed E-state index contributed by atoms with van der Waals surface area (Å²) in [5.41, 5.74) is 4.81. The van der Waals surface area contributed by atoms with Crippen LogP contribution in [0, 0.1) is 13.8 Å². The van der Waals surface area contributed by atoms with Crippen LogP contribution < -0.4 is 0 Å². The molecule has 0 saturated carbocycles. The van der Waals surface area contributed by atoms with E-state index in [0.29, 0.717) is 5.76 Å². The molecule has 1 heterocycles. The van der Waals surface area contributed by atoms with Crippen molar-refractivity contribution in [1.29, 1.82) is 0 Å². The molecule has 0 spiro atoms. The maximum Gasteiger partial charge on any atom is 0.310 e. The molecule has 3 rings (SSSR count). The van der Waals surface area contributed by atoms with Gasteiger partial charge in [0.1, 0.15) is 12.4 Å². The van der Waals surface area contributed by atoms with E-state index in [9.17, 15) is 4.79 Å². The number of carbonyl (C=O) groups is 1. The van der Waals surface area contributed by atoms with Crippen molar-refractivity contribution in [2.45, 2.75) is 26.9 Å². The molecule has 0 fully saturated rings. The molecule has 0 unspecified atom stereocenters. The summed E-state index contributed by atoms with van der Waals surface area (Å²) < 4.78 is 10.4. The van der Waals surface area contributed by atoms with Crippen LogP contribution in [0.4, 0.5) is 0 Å². The largest absolute Gasteiger partial charge is 0.460 e. The molecule has 0 saturated heterocycles. The predicted molar refractivity (Wildman–Crippen MR) is 91.4 cm³/mol. The SMILES string of the molecule is Cc1noc(C)c1COC(=O)Cc1ccc(-c2ccccc2)cc1. The van der Waals surface area contributed by atoms with Gasteiger partial charge >= 0.3 is 5.97 Å². The Balaban J connectivity index is 1.59. The second-order valence-electron chi connectivity index (χ2n) is 5.70. The number of benzene rings is 2.